The van der Waals surface area contributed by atoms with Crippen LogP contribution in [0.2, 0.25) is 0 Å². The Bertz CT molecular complexity index is 1520. The summed E-state index contributed by atoms with van der Waals surface area (Å²) in [6.07, 6.45) is 1.56. The maximum Gasteiger partial charge on any atom is 0.420 e. The second-order valence-electron chi connectivity index (χ2n) is 11.9. The monoisotopic (exact) mass is 603 g/mol. The minimum absolute atomic E-state index is 0.0232. The lowest BCUT2D eigenvalue weighted by Crippen LogP contribution is -2.42. The highest BCUT2D eigenvalue weighted by molar-refractivity contribution is 7.15. The number of halogens is 3. The Hall–Kier alpha value is -3.68. The maximum absolute atomic E-state index is 14.0. The average molecular weight is 604 g/mol. The summed E-state index contributed by atoms with van der Waals surface area (Å²) in [7, 11) is 0. The van der Waals surface area contributed by atoms with Gasteiger partial charge in [-0.15, -0.1) is 11.3 Å². The number of alkyl halides is 3. The molecular weight excluding hydrogens is 571 g/mol. The number of rotatable bonds is 5. The third-order valence-corrected chi connectivity index (χ3v) is 8.68. The lowest BCUT2D eigenvalue weighted by molar-refractivity contribution is -0.137. The molecule has 2 fully saturated rings. The van der Waals surface area contributed by atoms with E-state index in [1.165, 1.54) is 6.07 Å². The van der Waals surface area contributed by atoms with E-state index >= 15 is 0 Å². The normalized spacial score (nSPS) is 18.0. The molecule has 2 N–H and O–H groups in total. The third-order valence-electron chi connectivity index (χ3n) is 7.48. The number of fused-ring (bicyclic) bond motifs is 1. The Kier molecular flexibility index (Phi) is 7.14. The molecule has 0 unspecified atom stereocenters. The molecule has 3 aliphatic rings. The van der Waals surface area contributed by atoms with Crippen molar-refractivity contribution in [2.24, 2.45) is 0 Å². The van der Waals surface area contributed by atoms with Gasteiger partial charge in [0.15, 0.2) is 0 Å². The largest absolute Gasteiger partial charge is 0.444 e. The molecule has 0 radical (unpaired) electrons. The molecule has 0 spiro atoms. The first-order valence-corrected chi connectivity index (χ1v) is 14.9. The SMILES string of the molecule is CC(C)(C)OC(=O)N1CCC(n2cc(Nc3ncc(C(F)(F)F)c(-c4cc5c(s4)CCNC5=O)n3)c(C3CC3)n2)CC1. The second kappa shape index (κ2) is 10.5. The summed E-state index contributed by atoms with van der Waals surface area (Å²) < 4.78 is 49.3. The minimum atomic E-state index is -4.67. The van der Waals surface area contributed by atoms with E-state index in [1.54, 1.807) is 4.90 Å². The van der Waals surface area contributed by atoms with Gasteiger partial charge in [-0.2, -0.15) is 18.3 Å². The number of hydrogen-bond acceptors (Lipinski definition) is 8. The smallest absolute Gasteiger partial charge is 0.420 e. The lowest BCUT2D eigenvalue weighted by Gasteiger charge is -2.33. The highest BCUT2D eigenvalue weighted by Crippen LogP contribution is 2.44. The van der Waals surface area contributed by atoms with Crippen molar-refractivity contribution in [3.63, 3.8) is 0 Å². The predicted octanol–water partition coefficient (Wildman–Crippen LogP) is 5.90. The van der Waals surface area contributed by atoms with Gasteiger partial charge in [0, 0.05) is 42.8 Å². The number of piperidine rings is 1. The van der Waals surface area contributed by atoms with E-state index in [4.69, 9.17) is 9.84 Å². The standard InChI is InChI=1S/C28H32F3N7O3S/c1-27(2,3)41-26(40)37-10-7-16(8-11-37)38-14-19(22(36-38)15-4-5-15)34-25-33-13-18(28(29,30)31)23(35-25)21-12-17-20(42-21)6-9-32-24(17)39/h12-16H,4-11H2,1-3H3,(H,32,39)(H,33,34,35). The molecule has 0 atom stereocenters. The molecule has 42 heavy (non-hydrogen) atoms. The third kappa shape index (κ3) is 5.94. The van der Waals surface area contributed by atoms with Crippen molar-refractivity contribution in [1.82, 2.24) is 30.0 Å². The molecule has 2 amide bonds. The zero-order valence-corrected chi connectivity index (χ0v) is 24.4. The number of carbonyl (C=O) groups excluding carboxylic acids is 2. The number of thiophene rings is 1. The topological polar surface area (TPSA) is 114 Å². The number of carbonyl (C=O) groups is 2. The van der Waals surface area contributed by atoms with Crippen LogP contribution in [0.4, 0.5) is 29.6 Å². The molecule has 1 saturated carbocycles. The van der Waals surface area contributed by atoms with E-state index in [0.717, 1.165) is 40.9 Å². The van der Waals surface area contributed by atoms with E-state index in [-0.39, 0.29) is 40.5 Å². The van der Waals surface area contributed by atoms with Crippen LogP contribution < -0.4 is 10.6 Å². The first kappa shape index (κ1) is 28.4. The van der Waals surface area contributed by atoms with Crippen LogP contribution in [0, 0.1) is 0 Å². The van der Waals surface area contributed by atoms with Crippen LogP contribution in [0.5, 0.6) is 0 Å². The Morgan fingerprint density at radius 2 is 1.90 bits per heavy atom. The Balaban J connectivity index is 1.25. The highest BCUT2D eigenvalue weighted by atomic mass is 32.1. The summed E-state index contributed by atoms with van der Waals surface area (Å²) in [5, 5.41) is 10.7. The predicted molar refractivity (Wildman–Crippen MR) is 150 cm³/mol. The quantitative estimate of drug-likeness (QED) is 0.373. The van der Waals surface area contributed by atoms with Crippen molar-refractivity contribution in [2.75, 3.05) is 25.0 Å². The van der Waals surface area contributed by atoms with Crippen molar-refractivity contribution in [1.29, 1.82) is 0 Å². The average Bonchev–Trinajstić information content (AvgIpc) is 3.52. The summed E-state index contributed by atoms with van der Waals surface area (Å²) in [6.45, 7) is 7.04. The van der Waals surface area contributed by atoms with E-state index in [9.17, 15) is 22.8 Å². The summed E-state index contributed by atoms with van der Waals surface area (Å²) in [6, 6.07) is 1.54. The molecule has 5 heterocycles. The summed E-state index contributed by atoms with van der Waals surface area (Å²) in [4.78, 5) is 35.8. The van der Waals surface area contributed by atoms with Crippen molar-refractivity contribution >= 4 is 35.0 Å². The first-order valence-electron chi connectivity index (χ1n) is 14.1. The molecule has 0 aromatic carbocycles. The van der Waals surface area contributed by atoms with Gasteiger partial charge in [-0.05, 0) is 58.9 Å². The van der Waals surface area contributed by atoms with Crippen molar-refractivity contribution in [3.05, 3.63) is 40.2 Å². The van der Waals surface area contributed by atoms with Crippen molar-refractivity contribution < 1.29 is 27.5 Å². The van der Waals surface area contributed by atoms with Crippen molar-refractivity contribution in [2.45, 2.75) is 76.6 Å². The van der Waals surface area contributed by atoms with Gasteiger partial charge in [0.05, 0.1) is 33.6 Å². The molecule has 1 saturated heterocycles. The molecule has 14 heteroatoms. The summed E-state index contributed by atoms with van der Waals surface area (Å²) >= 11 is 1.15. The zero-order chi connectivity index (χ0) is 29.8. The van der Waals surface area contributed by atoms with Gasteiger partial charge < -0.3 is 20.3 Å². The van der Waals surface area contributed by atoms with Crippen LogP contribution in [0.3, 0.4) is 0 Å². The van der Waals surface area contributed by atoms with Gasteiger partial charge in [0.1, 0.15) is 11.2 Å². The highest BCUT2D eigenvalue weighted by Gasteiger charge is 2.37. The van der Waals surface area contributed by atoms with Crippen LogP contribution in [0.15, 0.2) is 18.5 Å². The minimum Gasteiger partial charge on any atom is -0.444 e. The number of ether oxygens (including phenoxy) is 1. The summed E-state index contributed by atoms with van der Waals surface area (Å²) in [5.74, 6) is -0.0137. The fourth-order valence-corrected chi connectivity index (χ4v) is 6.41. The first-order chi connectivity index (χ1) is 19.9. The van der Waals surface area contributed by atoms with Crippen LogP contribution in [0.1, 0.15) is 84.9 Å². The van der Waals surface area contributed by atoms with Gasteiger partial charge in [0.25, 0.3) is 5.91 Å². The van der Waals surface area contributed by atoms with Crippen LogP contribution >= 0.6 is 11.3 Å². The fourth-order valence-electron chi connectivity index (χ4n) is 5.25. The van der Waals surface area contributed by atoms with Gasteiger partial charge in [-0.3, -0.25) is 9.48 Å². The summed E-state index contributed by atoms with van der Waals surface area (Å²) in [5.41, 5.74) is 0.0925. The molecule has 6 rings (SSSR count). The molecule has 3 aromatic heterocycles. The Labute approximate surface area is 244 Å². The maximum atomic E-state index is 14.0. The molecule has 2 aliphatic heterocycles. The van der Waals surface area contributed by atoms with Gasteiger partial charge in [-0.25, -0.2) is 14.8 Å². The van der Waals surface area contributed by atoms with Crippen LogP contribution in [-0.2, 0) is 17.3 Å². The number of aromatic nitrogens is 4. The molecule has 10 nitrogen and oxygen atoms in total. The number of amides is 2. The molecule has 3 aromatic rings. The van der Waals surface area contributed by atoms with Gasteiger partial charge >= 0.3 is 12.3 Å². The van der Waals surface area contributed by atoms with Crippen LogP contribution in [0.25, 0.3) is 10.6 Å². The number of nitrogens with zero attached hydrogens (tertiary/aromatic N) is 5. The Morgan fingerprint density at radius 3 is 2.55 bits per heavy atom. The lowest BCUT2D eigenvalue weighted by atomic mass is 10.1. The molecule has 0 bridgehead atoms. The molecule has 1 aliphatic carbocycles. The van der Waals surface area contributed by atoms with E-state index in [0.29, 0.717) is 50.1 Å². The molecular formula is C28H32F3N7O3S. The number of hydrogen-bond donors (Lipinski definition) is 2. The zero-order valence-electron chi connectivity index (χ0n) is 23.5. The number of nitrogens with one attached hydrogen (secondary N) is 2. The van der Waals surface area contributed by atoms with Crippen molar-refractivity contribution in [3.8, 4) is 10.6 Å². The van der Waals surface area contributed by atoms with Gasteiger partial charge in [0.2, 0.25) is 5.95 Å². The number of anilines is 2. The van der Waals surface area contributed by atoms with E-state index in [1.807, 2.05) is 31.6 Å². The van der Waals surface area contributed by atoms with E-state index < -0.39 is 17.3 Å². The fraction of sp³-hybridized carbons (Fsp3) is 0.536. The van der Waals surface area contributed by atoms with Gasteiger partial charge in [-0.1, -0.05) is 0 Å². The number of likely N-dealkylation sites (tertiary alicyclic amines) is 1. The van der Waals surface area contributed by atoms with Crippen LogP contribution in [-0.4, -0.2) is 61.9 Å². The molecule has 224 valence electrons. The van der Waals surface area contributed by atoms with E-state index in [2.05, 4.69) is 20.6 Å². The Morgan fingerprint density at radius 1 is 1.17 bits per heavy atom. The second-order valence-corrected chi connectivity index (χ2v) is 13.0.